The van der Waals surface area contributed by atoms with Gasteiger partial charge in [-0.15, -0.1) is 0 Å². The van der Waals surface area contributed by atoms with Crippen molar-refractivity contribution in [3.8, 4) is 0 Å². The quantitative estimate of drug-likeness (QED) is 0.802. The van der Waals surface area contributed by atoms with Crippen LogP contribution in [0, 0.1) is 0 Å². The number of piperazine rings is 1. The van der Waals surface area contributed by atoms with Crippen LogP contribution >= 0.6 is 0 Å². The molecule has 0 unspecified atom stereocenters. The lowest BCUT2D eigenvalue weighted by molar-refractivity contribution is 0.0130. The summed E-state index contributed by atoms with van der Waals surface area (Å²) >= 11 is 0. The topological polar surface area (TPSA) is 106 Å². The number of amides is 1. The maximum atomic E-state index is 12.6. The van der Waals surface area contributed by atoms with Crippen LogP contribution in [0.15, 0.2) is 4.79 Å². The van der Waals surface area contributed by atoms with E-state index in [9.17, 15) is 14.7 Å². The smallest absolute Gasteiger partial charge is 0.410 e. The Morgan fingerprint density at radius 2 is 1.87 bits per heavy atom. The van der Waals surface area contributed by atoms with Crippen LogP contribution in [-0.2, 0) is 24.9 Å². The Bertz CT molecular complexity index is 1010. The maximum absolute atomic E-state index is 12.6. The first-order valence-electron chi connectivity index (χ1n) is 10.3. The Balaban J connectivity index is 2.01. The molecule has 10 heteroatoms. The molecular weight excluding hydrogens is 388 g/mol. The van der Waals surface area contributed by atoms with Crippen LogP contribution in [0.2, 0.25) is 0 Å². The Hall–Kier alpha value is -2.62. The van der Waals surface area contributed by atoms with E-state index in [0.29, 0.717) is 42.4 Å². The fraction of sp³-hybridized carbons (Fsp3) is 0.700. The molecule has 1 saturated heterocycles. The number of imidazole rings is 1. The first-order valence-corrected chi connectivity index (χ1v) is 10.3. The third-order valence-electron chi connectivity index (χ3n) is 5.38. The van der Waals surface area contributed by atoms with Gasteiger partial charge in [-0.05, 0) is 41.5 Å². The summed E-state index contributed by atoms with van der Waals surface area (Å²) in [6.45, 7) is 12.7. The molecule has 1 aliphatic rings. The molecule has 2 aromatic heterocycles. The maximum Gasteiger partial charge on any atom is 0.410 e. The molecule has 1 amide bonds. The summed E-state index contributed by atoms with van der Waals surface area (Å²) in [5.74, 6) is 0.975. The summed E-state index contributed by atoms with van der Waals surface area (Å²) in [6, 6.07) is -0.233. The van der Waals surface area contributed by atoms with Crippen LogP contribution < -0.4 is 10.6 Å². The van der Waals surface area contributed by atoms with E-state index in [1.54, 1.807) is 11.9 Å². The molecule has 1 aliphatic heterocycles. The largest absolute Gasteiger partial charge is 0.444 e. The monoisotopic (exact) mass is 420 g/mol. The number of aliphatic hydroxyl groups excluding tert-OH is 1. The van der Waals surface area contributed by atoms with Crippen molar-refractivity contribution in [2.45, 2.75) is 72.4 Å². The Morgan fingerprint density at radius 1 is 1.20 bits per heavy atom. The fourth-order valence-corrected chi connectivity index (χ4v) is 3.94. The van der Waals surface area contributed by atoms with E-state index in [0.717, 1.165) is 0 Å². The molecule has 0 spiro atoms. The van der Waals surface area contributed by atoms with Gasteiger partial charge < -0.3 is 24.2 Å². The predicted molar refractivity (Wildman–Crippen MR) is 114 cm³/mol. The van der Waals surface area contributed by atoms with Gasteiger partial charge in [-0.3, -0.25) is 4.57 Å². The zero-order chi connectivity index (χ0) is 22.4. The second-order valence-electron chi connectivity index (χ2n) is 8.86. The van der Waals surface area contributed by atoms with Crippen molar-refractivity contribution in [1.82, 2.24) is 24.0 Å². The Morgan fingerprint density at radius 3 is 2.43 bits per heavy atom. The SMILES string of the molecule is CCn1c(CO)nc2c(N3C[C@@H](C)N(C(=O)OC(C)(C)C)C[C@@H]3C)nc(=O)n(C)c21. The van der Waals surface area contributed by atoms with E-state index in [2.05, 4.69) is 9.97 Å². The van der Waals surface area contributed by atoms with Crippen molar-refractivity contribution in [3.63, 3.8) is 0 Å². The van der Waals surface area contributed by atoms with E-state index in [4.69, 9.17) is 4.74 Å². The van der Waals surface area contributed by atoms with Crippen molar-refractivity contribution in [2.24, 2.45) is 7.05 Å². The average molecular weight is 421 g/mol. The number of nitrogens with zero attached hydrogens (tertiary/aromatic N) is 6. The molecule has 0 radical (unpaired) electrons. The molecule has 0 saturated carbocycles. The van der Waals surface area contributed by atoms with Gasteiger partial charge in [0, 0.05) is 38.8 Å². The number of anilines is 1. The van der Waals surface area contributed by atoms with Crippen molar-refractivity contribution < 1.29 is 14.6 Å². The molecule has 2 aromatic rings. The lowest BCUT2D eigenvalue weighted by Crippen LogP contribution is -2.59. The van der Waals surface area contributed by atoms with Crippen molar-refractivity contribution in [1.29, 1.82) is 0 Å². The summed E-state index contributed by atoms with van der Waals surface area (Å²) < 4.78 is 8.83. The van der Waals surface area contributed by atoms with Crippen LogP contribution in [-0.4, -0.2) is 66.0 Å². The normalized spacial score (nSPS) is 20.1. The molecule has 0 aliphatic carbocycles. The van der Waals surface area contributed by atoms with E-state index < -0.39 is 5.60 Å². The highest BCUT2D eigenvalue weighted by molar-refractivity contribution is 5.85. The van der Waals surface area contributed by atoms with E-state index in [-0.39, 0.29) is 30.5 Å². The first-order chi connectivity index (χ1) is 14.0. The van der Waals surface area contributed by atoms with Crippen LogP contribution in [0.5, 0.6) is 0 Å². The summed E-state index contributed by atoms with van der Waals surface area (Å²) in [5.41, 5.74) is 0.259. The van der Waals surface area contributed by atoms with Gasteiger partial charge in [0.25, 0.3) is 0 Å². The molecular formula is C20H32N6O4. The summed E-state index contributed by atoms with van der Waals surface area (Å²) in [6.07, 6.45) is -0.346. The first kappa shape index (κ1) is 22.1. The molecule has 10 nitrogen and oxygen atoms in total. The molecule has 0 bridgehead atoms. The lowest BCUT2D eigenvalue weighted by atomic mass is 10.1. The highest BCUT2D eigenvalue weighted by Crippen LogP contribution is 2.29. The standard InChI is InChI=1S/C20H32N6O4/c1-8-24-14(11-27)21-15-16(22-18(28)23(7)17(15)24)25-9-13(3)26(10-12(25)2)19(29)30-20(4,5)6/h12-13,27H,8-11H2,1-7H3/t12-,13+/m0/s1. The van der Waals surface area contributed by atoms with Gasteiger partial charge in [0.05, 0.1) is 0 Å². The highest BCUT2D eigenvalue weighted by atomic mass is 16.6. The van der Waals surface area contributed by atoms with Gasteiger partial charge in [-0.25, -0.2) is 14.6 Å². The van der Waals surface area contributed by atoms with Gasteiger partial charge in [0.2, 0.25) is 0 Å². The molecule has 3 rings (SSSR count). The Labute approximate surface area is 176 Å². The van der Waals surface area contributed by atoms with E-state index in [1.807, 2.05) is 51.0 Å². The summed E-state index contributed by atoms with van der Waals surface area (Å²) in [5, 5.41) is 9.73. The number of ether oxygens (including phenoxy) is 1. The molecule has 0 aromatic carbocycles. The van der Waals surface area contributed by atoms with Crippen molar-refractivity contribution in [3.05, 3.63) is 16.3 Å². The number of aryl methyl sites for hydroxylation is 2. The predicted octanol–water partition coefficient (Wildman–Crippen LogP) is 1.48. The number of carbonyl (C=O) groups excluding carboxylic acids is 1. The van der Waals surface area contributed by atoms with E-state index >= 15 is 0 Å². The third kappa shape index (κ3) is 3.88. The van der Waals surface area contributed by atoms with Gasteiger partial charge in [0.15, 0.2) is 5.82 Å². The minimum Gasteiger partial charge on any atom is -0.444 e. The van der Waals surface area contributed by atoms with Gasteiger partial charge in [0.1, 0.15) is 29.2 Å². The number of hydrogen-bond donors (Lipinski definition) is 1. The molecule has 1 fully saturated rings. The third-order valence-corrected chi connectivity index (χ3v) is 5.38. The minimum atomic E-state index is -0.565. The molecule has 30 heavy (non-hydrogen) atoms. The molecule has 2 atom stereocenters. The van der Waals surface area contributed by atoms with E-state index in [1.165, 1.54) is 4.57 Å². The zero-order valence-electron chi connectivity index (χ0n) is 18.8. The number of fused-ring (bicyclic) bond motifs is 1. The summed E-state index contributed by atoms with van der Waals surface area (Å²) in [4.78, 5) is 37.9. The van der Waals surface area contributed by atoms with Gasteiger partial charge >= 0.3 is 11.8 Å². The second kappa shape index (κ2) is 7.90. The fourth-order valence-electron chi connectivity index (χ4n) is 3.94. The molecule has 166 valence electrons. The minimum absolute atomic E-state index is 0.0964. The number of carbonyl (C=O) groups is 1. The van der Waals surface area contributed by atoms with Crippen LogP contribution in [0.3, 0.4) is 0 Å². The zero-order valence-corrected chi connectivity index (χ0v) is 18.8. The van der Waals surface area contributed by atoms with Crippen LogP contribution in [0.25, 0.3) is 11.2 Å². The second-order valence-corrected chi connectivity index (χ2v) is 8.86. The molecule has 3 heterocycles. The van der Waals surface area contributed by atoms with Crippen LogP contribution in [0.1, 0.15) is 47.4 Å². The van der Waals surface area contributed by atoms with Gasteiger partial charge in [-0.2, -0.15) is 4.98 Å². The number of rotatable bonds is 3. The Kier molecular flexibility index (Phi) is 5.81. The van der Waals surface area contributed by atoms with Crippen LogP contribution in [0.4, 0.5) is 10.6 Å². The lowest BCUT2D eigenvalue weighted by Gasteiger charge is -2.44. The average Bonchev–Trinajstić information content (AvgIpc) is 3.03. The number of aliphatic hydroxyl groups is 1. The van der Waals surface area contributed by atoms with Crippen molar-refractivity contribution >= 4 is 23.1 Å². The number of hydrogen-bond acceptors (Lipinski definition) is 7. The highest BCUT2D eigenvalue weighted by Gasteiger charge is 2.36. The molecule has 1 N–H and O–H groups in total. The van der Waals surface area contributed by atoms with Gasteiger partial charge in [-0.1, -0.05) is 0 Å². The summed E-state index contributed by atoms with van der Waals surface area (Å²) in [7, 11) is 1.66. The van der Waals surface area contributed by atoms with Crippen molar-refractivity contribution in [2.75, 3.05) is 18.0 Å². The number of aromatic nitrogens is 4.